The molecule has 0 amide bonds. The number of hydrogen-bond acceptors (Lipinski definition) is 2. The van der Waals surface area contributed by atoms with E-state index in [4.69, 9.17) is 10.5 Å². The average molecular weight is 244 g/mol. The minimum absolute atomic E-state index is 0.0486. The highest BCUT2D eigenvalue weighted by atomic mass is 79.9. The van der Waals surface area contributed by atoms with E-state index >= 15 is 0 Å². The molecule has 0 aromatic heterocycles. The third-order valence-corrected chi connectivity index (χ3v) is 2.52. The third kappa shape index (κ3) is 2.45. The Labute approximate surface area is 87.2 Å². The monoisotopic (exact) mass is 243 g/mol. The molecular weight excluding hydrogens is 230 g/mol. The Balaban J connectivity index is 3.07. The van der Waals surface area contributed by atoms with Crippen LogP contribution >= 0.6 is 15.9 Å². The second kappa shape index (κ2) is 4.63. The van der Waals surface area contributed by atoms with Crippen molar-refractivity contribution in [2.45, 2.75) is 19.4 Å². The summed E-state index contributed by atoms with van der Waals surface area (Å²) in [4.78, 5) is 0. The lowest BCUT2D eigenvalue weighted by Gasteiger charge is -2.14. The zero-order valence-corrected chi connectivity index (χ0v) is 9.47. The van der Waals surface area contributed by atoms with Gasteiger partial charge in [-0.2, -0.15) is 0 Å². The second-order valence-corrected chi connectivity index (χ2v) is 3.82. The van der Waals surface area contributed by atoms with Crippen molar-refractivity contribution in [3.63, 3.8) is 0 Å². The second-order valence-electron chi connectivity index (χ2n) is 2.90. The van der Waals surface area contributed by atoms with E-state index in [9.17, 15) is 0 Å². The number of halogens is 1. The fourth-order valence-electron chi connectivity index (χ4n) is 1.21. The molecule has 0 heterocycles. The van der Waals surface area contributed by atoms with Gasteiger partial charge in [-0.05, 0) is 24.6 Å². The van der Waals surface area contributed by atoms with Crippen LogP contribution in [-0.2, 0) is 0 Å². The quantitative estimate of drug-likeness (QED) is 0.887. The topological polar surface area (TPSA) is 35.2 Å². The fraction of sp³-hybridized carbons (Fsp3) is 0.400. The first-order valence-electron chi connectivity index (χ1n) is 4.28. The maximum Gasteiger partial charge on any atom is 0.123 e. The molecule has 0 bridgehead atoms. The van der Waals surface area contributed by atoms with Crippen LogP contribution in [0.25, 0.3) is 0 Å². The van der Waals surface area contributed by atoms with Gasteiger partial charge in [0.25, 0.3) is 0 Å². The Hall–Kier alpha value is -0.540. The van der Waals surface area contributed by atoms with Crippen LogP contribution in [0, 0.1) is 0 Å². The Kier molecular flexibility index (Phi) is 3.75. The van der Waals surface area contributed by atoms with Gasteiger partial charge in [0.15, 0.2) is 0 Å². The van der Waals surface area contributed by atoms with Crippen molar-refractivity contribution >= 4 is 15.9 Å². The Morgan fingerprint density at radius 1 is 1.54 bits per heavy atom. The highest BCUT2D eigenvalue weighted by Gasteiger charge is 2.09. The van der Waals surface area contributed by atoms with Gasteiger partial charge in [-0.15, -0.1) is 0 Å². The van der Waals surface area contributed by atoms with Gasteiger partial charge >= 0.3 is 0 Å². The van der Waals surface area contributed by atoms with E-state index in [2.05, 4.69) is 22.9 Å². The largest absolute Gasteiger partial charge is 0.496 e. The van der Waals surface area contributed by atoms with E-state index in [0.717, 1.165) is 22.2 Å². The molecule has 72 valence electrons. The lowest BCUT2D eigenvalue weighted by Crippen LogP contribution is -2.10. The molecule has 13 heavy (non-hydrogen) atoms. The van der Waals surface area contributed by atoms with E-state index < -0.39 is 0 Å². The number of hydrogen-bond donors (Lipinski definition) is 1. The molecule has 0 saturated carbocycles. The summed E-state index contributed by atoms with van der Waals surface area (Å²) in [5.74, 6) is 0.859. The minimum Gasteiger partial charge on any atom is -0.496 e. The molecule has 0 aliphatic rings. The van der Waals surface area contributed by atoms with Gasteiger partial charge in [0.1, 0.15) is 5.75 Å². The smallest absolute Gasteiger partial charge is 0.123 e. The lowest BCUT2D eigenvalue weighted by atomic mass is 10.0. The van der Waals surface area contributed by atoms with Crippen molar-refractivity contribution < 1.29 is 4.74 Å². The number of nitrogens with two attached hydrogens (primary N) is 1. The summed E-state index contributed by atoms with van der Waals surface area (Å²) in [6, 6.07) is 5.93. The van der Waals surface area contributed by atoms with Crippen LogP contribution in [0.2, 0.25) is 0 Å². The summed E-state index contributed by atoms with van der Waals surface area (Å²) in [6.45, 7) is 2.06. The standard InChI is InChI=1S/C10H14BrNO/c1-3-9(12)8-6-7(11)4-5-10(8)13-2/h4-6,9H,3,12H2,1-2H3/t9-/m0/s1. The molecule has 0 aliphatic carbocycles. The summed E-state index contributed by atoms with van der Waals surface area (Å²) in [7, 11) is 1.66. The van der Waals surface area contributed by atoms with Crippen LogP contribution in [0.1, 0.15) is 24.9 Å². The van der Waals surface area contributed by atoms with Gasteiger partial charge in [-0.1, -0.05) is 22.9 Å². The molecule has 0 spiro atoms. The number of benzene rings is 1. The SMILES string of the molecule is CC[C@H](N)c1cc(Br)ccc1OC. The molecule has 1 aromatic rings. The van der Waals surface area contributed by atoms with Crippen LogP contribution in [0.4, 0.5) is 0 Å². The minimum atomic E-state index is 0.0486. The predicted octanol–water partition coefficient (Wildman–Crippen LogP) is 2.87. The molecule has 0 fully saturated rings. The van der Waals surface area contributed by atoms with E-state index in [-0.39, 0.29) is 6.04 Å². The van der Waals surface area contributed by atoms with Crippen molar-refractivity contribution in [2.24, 2.45) is 5.73 Å². The predicted molar refractivity (Wildman–Crippen MR) is 57.9 cm³/mol. The van der Waals surface area contributed by atoms with Gasteiger partial charge in [0.05, 0.1) is 7.11 Å². The molecular formula is C10H14BrNO. The molecule has 0 aliphatic heterocycles. The van der Waals surface area contributed by atoms with Crippen LogP contribution in [-0.4, -0.2) is 7.11 Å². The normalized spacial score (nSPS) is 12.6. The highest BCUT2D eigenvalue weighted by molar-refractivity contribution is 9.10. The van der Waals surface area contributed by atoms with Gasteiger partial charge in [0, 0.05) is 16.1 Å². The molecule has 0 unspecified atom stereocenters. The van der Waals surface area contributed by atoms with Crippen molar-refractivity contribution in [3.05, 3.63) is 28.2 Å². The maximum absolute atomic E-state index is 5.94. The molecule has 1 aromatic carbocycles. The Morgan fingerprint density at radius 2 is 2.23 bits per heavy atom. The van der Waals surface area contributed by atoms with Crippen molar-refractivity contribution in [1.29, 1.82) is 0 Å². The molecule has 0 saturated heterocycles. The summed E-state index contributed by atoms with van der Waals surface area (Å²) in [5.41, 5.74) is 6.99. The average Bonchev–Trinajstić information content (AvgIpc) is 2.16. The van der Waals surface area contributed by atoms with Crippen LogP contribution < -0.4 is 10.5 Å². The molecule has 0 radical (unpaired) electrons. The van der Waals surface area contributed by atoms with Gasteiger partial charge in [-0.25, -0.2) is 0 Å². The highest BCUT2D eigenvalue weighted by Crippen LogP contribution is 2.28. The van der Waals surface area contributed by atoms with Gasteiger partial charge in [0.2, 0.25) is 0 Å². The van der Waals surface area contributed by atoms with E-state index in [1.54, 1.807) is 7.11 Å². The molecule has 1 atom stereocenters. The summed E-state index contributed by atoms with van der Waals surface area (Å²) < 4.78 is 6.26. The summed E-state index contributed by atoms with van der Waals surface area (Å²) in [5, 5.41) is 0. The first-order chi connectivity index (χ1) is 6.19. The molecule has 2 N–H and O–H groups in total. The van der Waals surface area contributed by atoms with E-state index in [0.29, 0.717) is 0 Å². The molecule has 3 heteroatoms. The van der Waals surface area contributed by atoms with Crippen LogP contribution in [0.3, 0.4) is 0 Å². The zero-order chi connectivity index (χ0) is 9.84. The number of methoxy groups -OCH3 is 1. The lowest BCUT2D eigenvalue weighted by molar-refractivity contribution is 0.405. The Bertz CT molecular complexity index is 288. The molecule has 1 rings (SSSR count). The number of rotatable bonds is 3. The summed E-state index contributed by atoms with van der Waals surface area (Å²) in [6.07, 6.45) is 0.910. The number of ether oxygens (including phenoxy) is 1. The van der Waals surface area contributed by atoms with E-state index in [1.807, 2.05) is 18.2 Å². The van der Waals surface area contributed by atoms with Crippen LogP contribution in [0.5, 0.6) is 5.75 Å². The first-order valence-corrected chi connectivity index (χ1v) is 5.07. The van der Waals surface area contributed by atoms with Crippen LogP contribution in [0.15, 0.2) is 22.7 Å². The first kappa shape index (κ1) is 10.5. The van der Waals surface area contributed by atoms with Gasteiger partial charge < -0.3 is 10.5 Å². The third-order valence-electron chi connectivity index (χ3n) is 2.03. The van der Waals surface area contributed by atoms with Crippen molar-refractivity contribution in [3.8, 4) is 5.75 Å². The maximum atomic E-state index is 5.94. The molecule has 2 nitrogen and oxygen atoms in total. The Morgan fingerprint density at radius 3 is 2.77 bits per heavy atom. The van der Waals surface area contributed by atoms with Gasteiger partial charge in [-0.3, -0.25) is 0 Å². The summed E-state index contributed by atoms with van der Waals surface area (Å²) >= 11 is 3.41. The zero-order valence-electron chi connectivity index (χ0n) is 7.88. The fourth-order valence-corrected chi connectivity index (χ4v) is 1.59. The van der Waals surface area contributed by atoms with Crippen molar-refractivity contribution in [1.82, 2.24) is 0 Å². The van der Waals surface area contributed by atoms with Crippen molar-refractivity contribution in [2.75, 3.05) is 7.11 Å². The van der Waals surface area contributed by atoms with E-state index in [1.165, 1.54) is 0 Å².